The fourth-order valence-corrected chi connectivity index (χ4v) is 4.03. The molecular weight excluding hydrogens is 434 g/mol. The van der Waals surface area contributed by atoms with E-state index in [1.165, 1.54) is 37.5 Å². The zero-order valence-electron chi connectivity index (χ0n) is 17.4. The van der Waals surface area contributed by atoms with Crippen LogP contribution >= 0.6 is 11.6 Å². The molecule has 4 rings (SSSR count). The van der Waals surface area contributed by atoms with Gasteiger partial charge in [0, 0.05) is 6.07 Å². The highest BCUT2D eigenvalue weighted by atomic mass is 35.5. The molecule has 0 aliphatic carbocycles. The number of hydrogen-bond donors (Lipinski definition) is 1. The van der Waals surface area contributed by atoms with E-state index in [0.29, 0.717) is 17.1 Å². The Morgan fingerprint density at radius 1 is 1.06 bits per heavy atom. The Bertz CT molecular complexity index is 1190. The number of carbonyl (C=O) groups is 2. The van der Waals surface area contributed by atoms with Crippen molar-refractivity contribution in [1.29, 1.82) is 0 Å². The molecule has 1 amide bonds. The van der Waals surface area contributed by atoms with Crippen LogP contribution in [0.3, 0.4) is 0 Å². The maximum Gasteiger partial charge on any atom is 0.296 e. The van der Waals surface area contributed by atoms with Crippen molar-refractivity contribution in [2.75, 3.05) is 14.2 Å². The number of carbonyl (C=O) groups excluding carboxylic acids is 2. The molecule has 0 spiro atoms. The molecule has 32 heavy (non-hydrogen) atoms. The Balaban J connectivity index is 1.91. The molecule has 1 atom stereocenters. The SMILES string of the molecule is COc1cc(OC)c(/C(O)=C2\C(=O)C(=O)N(Cc3ccco3)C2c2ccccc2)cc1Cl. The minimum Gasteiger partial charge on any atom is -0.507 e. The first-order valence-corrected chi connectivity index (χ1v) is 10.1. The van der Waals surface area contributed by atoms with E-state index in [1.807, 2.05) is 6.07 Å². The minimum absolute atomic E-state index is 0.0627. The summed E-state index contributed by atoms with van der Waals surface area (Å²) in [6.45, 7) is 0.0639. The molecule has 0 radical (unpaired) electrons. The minimum atomic E-state index is -0.827. The number of nitrogens with zero attached hydrogens (tertiary/aromatic N) is 1. The molecule has 7 nitrogen and oxygen atoms in total. The lowest BCUT2D eigenvalue weighted by Gasteiger charge is -2.24. The highest BCUT2D eigenvalue weighted by Gasteiger charge is 2.46. The van der Waals surface area contributed by atoms with Crippen LogP contribution in [0.2, 0.25) is 5.02 Å². The first-order chi connectivity index (χ1) is 15.5. The standard InChI is InChI=1S/C24H20ClNO6/c1-30-18-12-19(31-2)17(25)11-16(18)22(27)20-21(14-7-4-3-5-8-14)26(24(29)23(20)28)13-15-9-6-10-32-15/h3-12,21,27H,13H2,1-2H3/b22-20+. The summed E-state index contributed by atoms with van der Waals surface area (Å²) < 4.78 is 16.0. The number of ether oxygens (including phenoxy) is 2. The van der Waals surface area contributed by atoms with Crippen LogP contribution in [0.1, 0.15) is 22.9 Å². The number of rotatable bonds is 6. The smallest absolute Gasteiger partial charge is 0.296 e. The van der Waals surface area contributed by atoms with E-state index in [4.69, 9.17) is 25.5 Å². The number of furan rings is 1. The van der Waals surface area contributed by atoms with Crippen LogP contribution in [0.25, 0.3) is 5.76 Å². The van der Waals surface area contributed by atoms with Crippen molar-refractivity contribution in [3.8, 4) is 11.5 Å². The summed E-state index contributed by atoms with van der Waals surface area (Å²) in [5.74, 6) is -0.837. The molecule has 1 fully saturated rings. The summed E-state index contributed by atoms with van der Waals surface area (Å²) in [4.78, 5) is 27.5. The molecule has 1 aliphatic heterocycles. The lowest BCUT2D eigenvalue weighted by molar-refractivity contribution is -0.140. The average molecular weight is 454 g/mol. The first kappa shape index (κ1) is 21.5. The number of hydrogen-bond acceptors (Lipinski definition) is 6. The summed E-state index contributed by atoms with van der Waals surface area (Å²) in [7, 11) is 2.87. The van der Waals surface area contributed by atoms with Crippen molar-refractivity contribution in [2.45, 2.75) is 12.6 Å². The van der Waals surface area contributed by atoms with Gasteiger partial charge in [-0.3, -0.25) is 9.59 Å². The second-order valence-corrected chi connectivity index (χ2v) is 7.51. The van der Waals surface area contributed by atoms with Gasteiger partial charge in [-0.05, 0) is 23.8 Å². The van der Waals surface area contributed by atoms with Crippen LogP contribution in [-0.4, -0.2) is 35.9 Å². The van der Waals surface area contributed by atoms with Crippen molar-refractivity contribution in [1.82, 2.24) is 4.90 Å². The fourth-order valence-electron chi connectivity index (χ4n) is 3.79. The monoisotopic (exact) mass is 453 g/mol. The second-order valence-electron chi connectivity index (χ2n) is 7.10. The number of ketones is 1. The van der Waals surface area contributed by atoms with E-state index >= 15 is 0 Å². The molecule has 2 aromatic carbocycles. The third kappa shape index (κ3) is 3.71. The first-order valence-electron chi connectivity index (χ1n) is 9.74. The molecule has 8 heteroatoms. The number of benzene rings is 2. The third-order valence-electron chi connectivity index (χ3n) is 5.29. The number of halogens is 1. The highest BCUT2D eigenvalue weighted by Crippen LogP contribution is 2.43. The summed E-state index contributed by atoms with van der Waals surface area (Å²) in [5.41, 5.74) is 0.779. The van der Waals surface area contributed by atoms with Gasteiger partial charge in [0.1, 0.15) is 23.0 Å². The Morgan fingerprint density at radius 3 is 2.41 bits per heavy atom. The summed E-state index contributed by atoms with van der Waals surface area (Å²) in [5, 5.41) is 11.5. The molecule has 1 N–H and O–H groups in total. The Kier molecular flexibility index (Phi) is 5.92. The number of amides is 1. The van der Waals surface area contributed by atoms with E-state index in [-0.39, 0.29) is 34.2 Å². The predicted molar refractivity (Wildman–Crippen MR) is 118 cm³/mol. The number of aliphatic hydroxyl groups excluding tert-OH is 1. The van der Waals surface area contributed by atoms with Gasteiger partial charge < -0.3 is 23.9 Å². The average Bonchev–Trinajstić information content (AvgIpc) is 3.41. The van der Waals surface area contributed by atoms with E-state index in [1.54, 1.807) is 36.4 Å². The van der Waals surface area contributed by atoms with Crippen molar-refractivity contribution in [3.05, 3.63) is 88.3 Å². The maximum absolute atomic E-state index is 13.1. The Hall–Kier alpha value is -3.71. The number of methoxy groups -OCH3 is 2. The number of aliphatic hydroxyl groups is 1. The van der Waals surface area contributed by atoms with Gasteiger partial charge in [0.25, 0.3) is 11.7 Å². The molecule has 3 aromatic rings. The third-order valence-corrected chi connectivity index (χ3v) is 5.59. The van der Waals surface area contributed by atoms with Gasteiger partial charge in [0.2, 0.25) is 0 Å². The van der Waals surface area contributed by atoms with Crippen LogP contribution in [0, 0.1) is 0 Å². The molecule has 1 aromatic heterocycles. The number of Topliss-reactive ketones (excluding diaryl/α,β-unsaturated/α-hetero) is 1. The van der Waals surface area contributed by atoms with E-state index in [9.17, 15) is 14.7 Å². The quantitative estimate of drug-likeness (QED) is 0.334. The zero-order valence-corrected chi connectivity index (χ0v) is 18.1. The van der Waals surface area contributed by atoms with Gasteiger partial charge in [-0.1, -0.05) is 41.9 Å². The summed E-state index contributed by atoms with van der Waals surface area (Å²) in [6, 6.07) is 14.5. The van der Waals surface area contributed by atoms with Crippen LogP contribution in [0.5, 0.6) is 11.5 Å². The van der Waals surface area contributed by atoms with Crippen LogP contribution in [0.4, 0.5) is 0 Å². The Labute approximate surface area is 189 Å². The van der Waals surface area contributed by atoms with E-state index < -0.39 is 17.7 Å². The van der Waals surface area contributed by atoms with Gasteiger partial charge >= 0.3 is 0 Å². The topological polar surface area (TPSA) is 89.2 Å². The molecule has 164 valence electrons. The fraction of sp³-hybridized carbons (Fsp3) is 0.167. The lowest BCUT2D eigenvalue weighted by atomic mass is 9.95. The normalized spacial score (nSPS) is 17.6. The van der Waals surface area contributed by atoms with Crippen molar-refractivity contribution >= 4 is 29.1 Å². The molecule has 0 saturated carbocycles. The number of likely N-dealkylation sites (tertiary alicyclic amines) is 1. The zero-order chi connectivity index (χ0) is 22.8. The maximum atomic E-state index is 13.1. The van der Waals surface area contributed by atoms with E-state index in [2.05, 4.69) is 0 Å². The van der Waals surface area contributed by atoms with Crippen LogP contribution in [0.15, 0.2) is 70.9 Å². The Morgan fingerprint density at radius 2 is 1.78 bits per heavy atom. The summed E-state index contributed by atoms with van der Waals surface area (Å²) in [6.07, 6.45) is 1.49. The van der Waals surface area contributed by atoms with Gasteiger partial charge in [0.05, 0.1) is 49.2 Å². The van der Waals surface area contributed by atoms with Gasteiger partial charge in [-0.25, -0.2) is 0 Å². The van der Waals surface area contributed by atoms with Crippen molar-refractivity contribution in [2.24, 2.45) is 0 Å². The molecule has 1 saturated heterocycles. The molecule has 1 aliphatic rings. The van der Waals surface area contributed by atoms with Crippen LogP contribution < -0.4 is 9.47 Å². The van der Waals surface area contributed by atoms with Gasteiger partial charge in [-0.15, -0.1) is 0 Å². The van der Waals surface area contributed by atoms with Crippen molar-refractivity contribution in [3.63, 3.8) is 0 Å². The second kappa shape index (κ2) is 8.80. The van der Waals surface area contributed by atoms with Gasteiger partial charge in [-0.2, -0.15) is 0 Å². The predicted octanol–water partition coefficient (Wildman–Crippen LogP) is 4.57. The largest absolute Gasteiger partial charge is 0.507 e. The molecular formula is C24H20ClNO6. The molecule has 1 unspecified atom stereocenters. The van der Waals surface area contributed by atoms with Crippen molar-refractivity contribution < 1.29 is 28.6 Å². The molecule has 0 bridgehead atoms. The van der Waals surface area contributed by atoms with Crippen LogP contribution in [-0.2, 0) is 16.1 Å². The van der Waals surface area contributed by atoms with Gasteiger partial charge in [0.15, 0.2) is 0 Å². The highest BCUT2D eigenvalue weighted by molar-refractivity contribution is 6.46. The summed E-state index contributed by atoms with van der Waals surface area (Å²) >= 11 is 6.26. The lowest BCUT2D eigenvalue weighted by Crippen LogP contribution is -2.29. The van der Waals surface area contributed by atoms with E-state index in [0.717, 1.165) is 0 Å². The molecule has 2 heterocycles.